The molecule has 0 aliphatic carbocycles. The molecular formula is C25H29BrN2O5. The van der Waals surface area contributed by atoms with E-state index >= 15 is 0 Å². The van der Waals surface area contributed by atoms with E-state index in [0.717, 1.165) is 12.8 Å². The molecule has 1 aliphatic rings. The lowest BCUT2D eigenvalue weighted by Gasteiger charge is -2.34. The van der Waals surface area contributed by atoms with Crippen molar-refractivity contribution in [2.45, 2.75) is 38.6 Å². The van der Waals surface area contributed by atoms with Gasteiger partial charge in [-0.1, -0.05) is 37.3 Å². The largest absolute Gasteiger partial charge is 0.492 e. The highest BCUT2D eigenvalue weighted by Gasteiger charge is 2.35. The van der Waals surface area contributed by atoms with Crippen molar-refractivity contribution in [2.24, 2.45) is 0 Å². The minimum absolute atomic E-state index is 0.179. The fourth-order valence-electron chi connectivity index (χ4n) is 3.61. The van der Waals surface area contributed by atoms with Crippen LogP contribution in [0.1, 0.15) is 42.1 Å². The van der Waals surface area contributed by atoms with Crippen LogP contribution >= 0.6 is 15.9 Å². The minimum atomic E-state index is -0.900. The second kappa shape index (κ2) is 12.4. The van der Waals surface area contributed by atoms with Crippen LogP contribution in [0, 0.1) is 0 Å². The average Bonchev–Trinajstić information content (AvgIpc) is 2.82. The number of nitrogens with one attached hydrogen (secondary N) is 1. The Morgan fingerprint density at radius 3 is 2.67 bits per heavy atom. The van der Waals surface area contributed by atoms with Crippen LogP contribution in [0.5, 0.6) is 5.75 Å². The van der Waals surface area contributed by atoms with Crippen LogP contribution in [-0.2, 0) is 20.7 Å². The van der Waals surface area contributed by atoms with E-state index in [1.54, 1.807) is 18.2 Å². The number of hydrogen-bond donors (Lipinski definition) is 1. The van der Waals surface area contributed by atoms with Gasteiger partial charge in [0.1, 0.15) is 11.8 Å². The lowest BCUT2D eigenvalue weighted by molar-refractivity contribution is -0.147. The highest BCUT2D eigenvalue weighted by atomic mass is 79.9. The second-order valence-corrected chi connectivity index (χ2v) is 8.67. The third-order valence-corrected chi connectivity index (χ3v) is 5.93. The summed E-state index contributed by atoms with van der Waals surface area (Å²) in [6.45, 7) is 3.52. The number of aryl methyl sites for hydroxylation is 1. The molecule has 0 saturated carbocycles. The van der Waals surface area contributed by atoms with E-state index in [4.69, 9.17) is 9.47 Å². The molecule has 1 saturated heterocycles. The first-order chi connectivity index (χ1) is 16.0. The normalized spacial score (nSPS) is 15.6. The number of nitrogens with zero attached hydrogens (tertiary/aromatic N) is 1. The summed E-state index contributed by atoms with van der Waals surface area (Å²) in [5, 5.41) is 2.74. The highest BCUT2D eigenvalue weighted by molar-refractivity contribution is 9.10. The van der Waals surface area contributed by atoms with E-state index < -0.39 is 12.0 Å². The third kappa shape index (κ3) is 7.05. The molecule has 2 aromatic rings. The van der Waals surface area contributed by atoms with Gasteiger partial charge in [-0.2, -0.15) is 0 Å². The smallest absolute Gasteiger partial charge is 0.308 e. The van der Waals surface area contributed by atoms with Crippen LogP contribution < -0.4 is 10.1 Å². The Hall–Kier alpha value is -2.87. The van der Waals surface area contributed by atoms with Gasteiger partial charge in [0.15, 0.2) is 0 Å². The Bertz CT molecular complexity index is 967. The molecule has 176 valence electrons. The van der Waals surface area contributed by atoms with Crippen LogP contribution in [0.15, 0.2) is 53.0 Å². The van der Waals surface area contributed by atoms with Crippen LogP contribution in [0.4, 0.5) is 0 Å². The summed E-state index contributed by atoms with van der Waals surface area (Å²) in [6, 6.07) is 14.1. The van der Waals surface area contributed by atoms with E-state index in [9.17, 15) is 14.4 Å². The number of ether oxygens (including phenoxy) is 2. The van der Waals surface area contributed by atoms with Gasteiger partial charge >= 0.3 is 5.97 Å². The van der Waals surface area contributed by atoms with Gasteiger partial charge in [-0.15, -0.1) is 0 Å². The van der Waals surface area contributed by atoms with Crippen LogP contribution in [0.25, 0.3) is 0 Å². The first-order valence-corrected chi connectivity index (χ1v) is 12.0. The maximum absolute atomic E-state index is 13.2. The van der Waals surface area contributed by atoms with E-state index in [1.165, 1.54) is 10.5 Å². The lowest BCUT2D eigenvalue weighted by atomic mass is 10.1. The molecule has 0 bridgehead atoms. The first kappa shape index (κ1) is 24.8. The minimum Gasteiger partial charge on any atom is -0.492 e. The Balaban J connectivity index is 1.58. The molecule has 1 unspecified atom stereocenters. The SMILES string of the molecule is CCCOc1ccc(C(=O)N2CCNC(=O)C2CC(=O)OCCCc2ccccc2)cc1Br. The summed E-state index contributed by atoms with van der Waals surface area (Å²) in [5.74, 6) is -0.500. The van der Waals surface area contributed by atoms with Gasteiger partial charge in [0.2, 0.25) is 5.91 Å². The molecule has 1 aliphatic heterocycles. The number of carbonyl (C=O) groups excluding carboxylic acids is 3. The second-order valence-electron chi connectivity index (χ2n) is 7.81. The standard InChI is InChI=1S/C25H29BrN2O5/c1-2-14-32-22-11-10-19(16-20(22)26)25(31)28-13-12-27-24(30)21(28)17-23(29)33-15-6-9-18-7-4-3-5-8-18/h3-5,7-8,10-11,16,21H,2,6,9,12-15,17H2,1H3,(H,27,30). The zero-order valence-corrected chi connectivity index (χ0v) is 20.3. The summed E-state index contributed by atoms with van der Waals surface area (Å²) in [5.41, 5.74) is 1.59. The number of amides is 2. The van der Waals surface area contributed by atoms with Gasteiger partial charge in [0.05, 0.1) is 24.1 Å². The van der Waals surface area contributed by atoms with Crippen molar-refractivity contribution in [1.82, 2.24) is 10.2 Å². The van der Waals surface area contributed by atoms with Gasteiger partial charge in [-0.05, 0) is 59.0 Å². The number of hydrogen-bond acceptors (Lipinski definition) is 5. The lowest BCUT2D eigenvalue weighted by Crippen LogP contribution is -2.57. The van der Waals surface area contributed by atoms with Crippen molar-refractivity contribution in [3.05, 3.63) is 64.1 Å². The Kier molecular flexibility index (Phi) is 9.30. The summed E-state index contributed by atoms with van der Waals surface area (Å²) < 4.78 is 11.6. The fourth-order valence-corrected chi connectivity index (χ4v) is 4.11. The third-order valence-electron chi connectivity index (χ3n) is 5.31. The van der Waals surface area contributed by atoms with Crippen LogP contribution in [0.2, 0.25) is 0 Å². The molecule has 2 aromatic carbocycles. The summed E-state index contributed by atoms with van der Waals surface area (Å²) in [6.07, 6.45) is 2.19. The monoisotopic (exact) mass is 516 g/mol. The number of esters is 1. The van der Waals surface area contributed by atoms with E-state index in [-0.39, 0.29) is 24.8 Å². The maximum Gasteiger partial charge on any atom is 0.308 e. The Labute approximate surface area is 202 Å². The molecule has 8 heteroatoms. The topological polar surface area (TPSA) is 84.9 Å². The number of carbonyl (C=O) groups is 3. The molecule has 1 atom stereocenters. The number of piperazine rings is 1. The van der Waals surface area contributed by atoms with Crippen molar-refractivity contribution in [2.75, 3.05) is 26.3 Å². The van der Waals surface area contributed by atoms with Crippen molar-refractivity contribution in [3.63, 3.8) is 0 Å². The maximum atomic E-state index is 13.2. The molecule has 0 spiro atoms. The predicted octanol–water partition coefficient (Wildman–Crippen LogP) is 3.74. The van der Waals surface area contributed by atoms with Gasteiger partial charge in [-0.3, -0.25) is 14.4 Å². The summed E-state index contributed by atoms with van der Waals surface area (Å²) in [4.78, 5) is 39.5. The van der Waals surface area contributed by atoms with Crippen molar-refractivity contribution in [1.29, 1.82) is 0 Å². The molecule has 1 fully saturated rings. The van der Waals surface area contributed by atoms with E-state index in [1.807, 2.05) is 37.3 Å². The zero-order valence-electron chi connectivity index (χ0n) is 18.7. The number of benzene rings is 2. The summed E-state index contributed by atoms with van der Waals surface area (Å²) >= 11 is 3.44. The van der Waals surface area contributed by atoms with Gasteiger partial charge in [0, 0.05) is 18.7 Å². The predicted molar refractivity (Wildman–Crippen MR) is 128 cm³/mol. The Morgan fingerprint density at radius 2 is 1.94 bits per heavy atom. The van der Waals surface area contributed by atoms with Crippen molar-refractivity contribution >= 4 is 33.7 Å². The Morgan fingerprint density at radius 1 is 1.15 bits per heavy atom. The molecule has 1 N–H and O–H groups in total. The molecule has 3 rings (SSSR count). The molecule has 33 heavy (non-hydrogen) atoms. The molecule has 0 radical (unpaired) electrons. The van der Waals surface area contributed by atoms with E-state index in [2.05, 4.69) is 21.2 Å². The molecule has 1 heterocycles. The highest BCUT2D eigenvalue weighted by Crippen LogP contribution is 2.27. The van der Waals surface area contributed by atoms with Crippen LogP contribution in [-0.4, -0.2) is 55.0 Å². The van der Waals surface area contributed by atoms with Gasteiger partial charge in [-0.25, -0.2) is 0 Å². The number of halogens is 1. The molecular weight excluding hydrogens is 488 g/mol. The van der Waals surface area contributed by atoms with Crippen molar-refractivity contribution < 1.29 is 23.9 Å². The number of rotatable bonds is 10. The molecule has 7 nitrogen and oxygen atoms in total. The van der Waals surface area contributed by atoms with Gasteiger partial charge < -0.3 is 19.7 Å². The average molecular weight is 517 g/mol. The van der Waals surface area contributed by atoms with Crippen molar-refractivity contribution in [3.8, 4) is 5.75 Å². The van der Waals surface area contributed by atoms with E-state index in [0.29, 0.717) is 41.9 Å². The van der Waals surface area contributed by atoms with Gasteiger partial charge in [0.25, 0.3) is 5.91 Å². The fraction of sp³-hybridized carbons (Fsp3) is 0.400. The summed E-state index contributed by atoms with van der Waals surface area (Å²) in [7, 11) is 0. The quantitative estimate of drug-likeness (QED) is 0.384. The van der Waals surface area contributed by atoms with Crippen LogP contribution in [0.3, 0.4) is 0 Å². The first-order valence-electron chi connectivity index (χ1n) is 11.2. The molecule has 0 aromatic heterocycles. The molecule has 2 amide bonds. The zero-order chi connectivity index (χ0) is 23.6.